The van der Waals surface area contributed by atoms with Crippen LogP contribution in [0.4, 0.5) is 23.4 Å². The maximum Gasteiger partial charge on any atom is 0.262 e. The number of carbonyl (C=O) groups excluding carboxylic acids is 3. The number of primary amides is 1. The number of nitrogen functional groups attached to an aromatic ring is 1. The molecule has 0 spiro atoms. The van der Waals surface area contributed by atoms with Crippen LogP contribution < -0.4 is 22.3 Å². The number of halogens is 4. The summed E-state index contributed by atoms with van der Waals surface area (Å²) in [5, 5.41) is 1.80. The van der Waals surface area contributed by atoms with Crippen molar-refractivity contribution in [2.75, 3.05) is 5.73 Å². The van der Waals surface area contributed by atoms with Crippen molar-refractivity contribution < 1.29 is 31.9 Å². The lowest BCUT2D eigenvalue weighted by Crippen LogP contribution is -2.28. The van der Waals surface area contributed by atoms with Gasteiger partial charge in [-0.05, 0) is 0 Å². The van der Waals surface area contributed by atoms with Crippen molar-refractivity contribution in [2.45, 2.75) is 0 Å². The van der Waals surface area contributed by atoms with Gasteiger partial charge < -0.3 is 11.5 Å². The molecule has 1 aliphatic rings. The smallest absolute Gasteiger partial charge is 0.262 e. The predicted octanol–water partition coefficient (Wildman–Crippen LogP) is -0.0414. The molecule has 1 aromatic heterocycles. The molecule has 8 nitrogen and oxygen atoms in total. The van der Waals surface area contributed by atoms with Crippen molar-refractivity contribution in [3.8, 4) is 5.69 Å². The number of nitrogens with two attached hydrogens (primary N) is 2. The summed E-state index contributed by atoms with van der Waals surface area (Å²) >= 11 is 0. The first-order valence-electron chi connectivity index (χ1n) is 6.65. The Morgan fingerprint density at radius 1 is 0.962 bits per heavy atom. The monoisotopic (exact) mass is 370 g/mol. The van der Waals surface area contributed by atoms with E-state index in [0.29, 0.717) is 6.07 Å². The minimum atomic E-state index is -2.15. The van der Waals surface area contributed by atoms with Crippen molar-refractivity contribution in [3.63, 3.8) is 0 Å². The van der Waals surface area contributed by atoms with Gasteiger partial charge in [0.25, 0.3) is 23.3 Å². The molecule has 0 atom stereocenters. The first kappa shape index (κ1) is 17.1. The molecule has 26 heavy (non-hydrogen) atoms. The molecule has 5 N–H and O–H groups in total. The molecule has 0 radical (unpaired) electrons. The molecular formula is C14H6F4N4O4. The van der Waals surface area contributed by atoms with Crippen LogP contribution in [-0.4, -0.2) is 22.3 Å². The summed E-state index contributed by atoms with van der Waals surface area (Å²) in [6.07, 6.45) is 0. The van der Waals surface area contributed by atoms with E-state index in [1.165, 1.54) is 0 Å². The first-order chi connectivity index (χ1) is 12.1. The minimum absolute atomic E-state index is 0.0292. The van der Waals surface area contributed by atoms with Crippen LogP contribution in [0, 0.1) is 23.3 Å². The fourth-order valence-electron chi connectivity index (χ4n) is 2.54. The van der Waals surface area contributed by atoms with Crippen LogP contribution >= 0.6 is 0 Å². The van der Waals surface area contributed by atoms with Crippen LogP contribution in [0.2, 0.25) is 0 Å². The second-order valence-corrected chi connectivity index (χ2v) is 5.12. The third kappa shape index (κ3) is 2.08. The van der Waals surface area contributed by atoms with Gasteiger partial charge in [-0.15, -0.1) is 0 Å². The number of nitrogens with zero attached hydrogens (tertiary/aromatic N) is 1. The molecule has 0 saturated heterocycles. The third-order valence-corrected chi connectivity index (χ3v) is 3.66. The molecule has 2 aromatic rings. The molecule has 0 unspecified atom stereocenters. The van der Waals surface area contributed by atoms with Gasteiger partial charge in [0.05, 0.1) is 11.1 Å². The van der Waals surface area contributed by atoms with E-state index in [2.05, 4.69) is 5.73 Å². The van der Waals surface area contributed by atoms with Gasteiger partial charge in [-0.1, -0.05) is 0 Å². The van der Waals surface area contributed by atoms with Gasteiger partial charge in [0.1, 0.15) is 17.1 Å². The number of aromatic nitrogens is 1. The van der Waals surface area contributed by atoms with Crippen molar-refractivity contribution >= 4 is 23.5 Å². The SMILES string of the molecule is NC(=O)c1c(F)c(F)c(-n2c(N)c3c(cc2=O)C(=O)NC3=O)c(F)c1F. The molecule has 0 saturated carbocycles. The summed E-state index contributed by atoms with van der Waals surface area (Å²) < 4.78 is 56.4. The second kappa shape index (κ2) is 5.40. The summed E-state index contributed by atoms with van der Waals surface area (Å²) in [6.45, 7) is 0. The van der Waals surface area contributed by atoms with Crippen molar-refractivity contribution in [2.24, 2.45) is 5.73 Å². The molecule has 0 aliphatic carbocycles. The van der Waals surface area contributed by atoms with Gasteiger partial charge in [-0.3, -0.25) is 29.1 Å². The Balaban J connectivity index is 2.46. The lowest BCUT2D eigenvalue weighted by Gasteiger charge is -2.15. The number of benzene rings is 1. The van der Waals surface area contributed by atoms with Gasteiger partial charge >= 0.3 is 0 Å². The number of hydrogen-bond acceptors (Lipinski definition) is 5. The number of amides is 3. The van der Waals surface area contributed by atoms with E-state index in [-0.39, 0.29) is 4.57 Å². The number of rotatable bonds is 2. The molecule has 2 heterocycles. The molecule has 1 aromatic carbocycles. The zero-order valence-electron chi connectivity index (χ0n) is 12.3. The van der Waals surface area contributed by atoms with Crippen LogP contribution in [-0.2, 0) is 0 Å². The predicted molar refractivity (Wildman–Crippen MR) is 76.6 cm³/mol. The Hall–Kier alpha value is -3.70. The summed E-state index contributed by atoms with van der Waals surface area (Å²) in [5.74, 6) is -13.4. The highest BCUT2D eigenvalue weighted by atomic mass is 19.2. The van der Waals surface area contributed by atoms with Crippen LogP contribution in [0.3, 0.4) is 0 Å². The number of anilines is 1. The van der Waals surface area contributed by atoms with Gasteiger partial charge in [0.15, 0.2) is 23.3 Å². The normalized spacial score (nSPS) is 12.9. The molecular weight excluding hydrogens is 364 g/mol. The Bertz CT molecular complexity index is 1080. The van der Waals surface area contributed by atoms with E-state index in [9.17, 15) is 36.7 Å². The largest absolute Gasteiger partial charge is 0.384 e. The van der Waals surface area contributed by atoms with Crippen LogP contribution in [0.1, 0.15) is 31.1 Å². The molecule has 1 aliphatic heterocycles. The molecule has 134 valence electrons. The third-order valence-electron chi connectivity index (χ3n) is 3.66. The van der Waals surface area contributed by atoms with E-state index in [1.807, 2.05) is 0 Å². The molecule has 12 heteroatoms. The number of nitrogens with one attached hydrogen (secondary N) is 1. The van der Waals surface area contributed by atoms with E-state index in [0.717, 1.165) is 0 Å². The summed E-state index contributed by atoms with van der Waals surface area (Å²) in [7, 11) is 0. The average molecular weight is 370 g/mol. The fourth-order valence-corrected chi connectivity index (χ4v) is 2.54. The Kier molecular flexibility index (Phi) is 3.56. The van der Waals surface area contributed by atoms with E-state index < -0.39 is 74.7 Å². The van der Waals surface area contributed by atoms with Crippen molar-refractivity contribution in [1.29, 1.82) is 0 Å². The molecule has 3 rings (SSSR count). The van der Waals surface area contributed by atoms with E-state index >= 15 is 0 Å². The zero-order valence-corrected chi connectivity index (χ0v) is 12.3. The first-order valence-corrected chi connectivity index (χ1v) is 6.65. The van der Waals surface area contributed by atoms with E-state index in [4.69, 9.17) is 5.73 Å². The highest BCUT2D eigenvalue weighted by Gasteiger charge is 2.35. The fraction of sp³-hybridized carbons (Fsp3) is 0. The quantitative estimate of drug-likeness (QED) is 0.387. The Labute approximate surface area is 140 Å². The standard InChI is InChI=1S/C14H6F4N4O4/c15-6-5(12(20)24)7(16)9(18)10(8(6)17)22-3(23)1-2-4(11(22)19)14(26)21-13(2)25/h1H,19H2,(H2,20,24)(H,21,25,26). The van der Waals surface area contributed by atoms with Crippen molar-refractivity contribution in [3.05, 3.63) is 56.4 Å². The van der Waals surface area contributed by atoms with E-state index in [1.54, 1.807) is 5.32 Å². The highest BCUT2D eigenvalue weighted by molar-refractivity contribution is 6.23. The van der Waals surface area contributed by atoms with Gasteiger partial charge in [0, 0.05) is 6.07 Å². The average Bonchev–Trinajstić information content (AvgIpc) is 2.82. The lowest BCUT2D eigenvalue weighted by molar-refractivity contribution is 0.0878. The number of carbonyl (C=O) groups is 3. The maximum atomic E-state index is 14.3. The summed E-state index contributed by atoms with van der Waals surface area (Å²) in [5.41, 5.74) is 4.49. The number of imide groups is 1. The zero-order chi connectivity index (χ0) is 19.5. The van der Waals surface area contributed by atoms with Gasteiger partial charge in [-0.25, -0.2) is 17.6 Å². The lowest BCUT2D eigenvalue weighted by atomic mass is 10.1. The van der Waals surface area contributed by atoms with Crippen LogP contribution in [0.25, 0.3) is 5.69 Å². The summed E-state index contributed by atoms with van der Waals surface area (Å²) in [6, 6.07) is 0.516. The van der Waals surface area contributed by atoms with Crippen LogP contribution in [0.5, 0.6) is 0 Å². The van der Waals surface area contributed by atoms with Gasteiger partial charge in [0.2, 0.25) is 0 Å². The number of hydrogen-bond donors (Lipinski definition) is 3. The maximum absolute atomic E-state index is 14.3. The Morgan fingerprint density at radius 2 is 1.50 bits per heavy atom. The number of fused-ring (bicyclic) bond motifs is 1. The topological polar surface area (TPSA) is 137 Å². The highest BCUT2D eigenvalue weighted by Crippen LogP contribution is 2.30. The van der Waals surface area contributed by atoms with Crippen molar-refractivity contribution in [1.82, 2.24) is 9.88 Å². The molecule has 0 bridgehead atoms. The number of pyridine rings is 1. The Morgan fingerprint density at radius 3 is 2.00 bits per heavy atom. The molecule has 3 amide bonds. The molecule has 0 fully saturated rings. The van der Waals surface area contributed by atoms with Gasteiger partial charge in [-0.2, -0.15) is 0 Å². The van der Waals surface area contributed by atoms with Crippen LogP contribution in [0.15, 0.2) is 10.9 Å². The summed E-state index contributed by atoms with van der Waals surface area (Å²) in [4.78, 5) is 46.4. The second-order valence-electron chi connectivity index (χ2n) is 5.12. The minimum Gasteiger partial charge on any atom is -0.384 e.